The Bertz CT molecular complexity index is 685. The molecule has 0 aliphatic carbocycles. The number of hydrogen-bond acceptors (Lipinski definition) is 4. The van der Waals surface area contributed by atoms with Crippen molar-refractivity contribution < 1.29 is 14.3 Å². The van der Waals surface area contributed by atoms with E-state index in [4.69, 9.17) is 27.9 Å². The molecular weight excluding hydrogens is 361 g/mol. The first-order valence-corrected chi connectivity index (χ1v) is 9.32. The molecule has 2 heterocycles. The fourth-order valence-electron chi connectivity index (χ4n) is 3.14. The number of ether oxygens (including phenoxy) is 1. The van der Waals surface area contributed by atoms with Crippen molar-refractivity contribution in [3.8, 4) is 0 Å². The van der Waals surface area contributed by atoms with Crippen molar-refractivity contribution in [2.45, 2.75) is 25.4 Å². The third kappa shape index (κ3) is 5.38. The number of ketones is 2. The summed E-state index contributed by atoms with van der Waals surface area (Å²) in [5.74, 6) is 0.332. The zero-order valence-electron chi connectivity index (χ0n) is 13.9. The monoisotopic (exact) mass is 381 g/mol. The van der Waals surface area contributed by atoms with Gasteiger partial charge >= 0.3 is 0 Å². The number of benzene rings is 1. The van der Waals surface area contributed by atoms with Crippen molar-refractivity contribution in [1.29, 1.82) is 0 Å². The van der Waals surface area contributed by atoms with Gasteiger partial charge in [-0.2, -0.15) is 0 Å². The van der Waals surface area contributed by atoms with Crippen LogP contribution in [0.25, 0.3) is 6.08 Å². The molecule has 0 N–H and O–H groups in total. The predicted octanol–water partition coefficient (Wildman–Crippen LogP) is 3.65. The molecule has 1 aromatic carbocycles. The van der Waals surface area contributed by atoms with E-state index in [1.165, 1.54) is 0 Å². The first kappa shape index (κ1) is 18.6. The van der Waals surface area contributed by atoms with Crippen LogP contribution in [0.15, 0.2) is 24.3 Å². The van der Waals surface area contributed by atoms with Crippen molar-refractivity contribution in [2.24, 2.45) is 5.92 Å². The minimum atomic E-state index is -0.168. The minimum absolute atomic E-state index is 0.0463. The predicted molar refractivity (Wildman–Crippen MR) is 99.0 cm³/mol. The van der Waals surface area contributed by atoms with Gasteiger partial charge < -0.3 is 9.64 Å². The Kier molecular flexibility index (Phi) is 6.29. The van der Waals surface area contributed by atoms with Gasteiger partial charge in [0, 0.05) is 35.5 Å². The quantitative estimate of drug-likeness (QED) is 0.534. The summed E-state index contributed by atoms with van der Waals surface area (Å²) in [6, 6.07) is 5.18. The minimum Gasteiger partial charge on any atom is -0.365 e. The Labute approximate surface area is 157 Å². The number of hydrogen-bond donors (Lipinski definition) is 0. The maximum atomic E-state index is 12.1. The number of carbonyl (C=O) groups is 2. The van der Waals surface area contributed by atoms with Gasteiger partial charge in [0.1, 0.15) is 6.10 Å². The molecule has 25 heavy (non-hydrogen) atoms. The van der Waals surface area contributed by atoms with Gasteiger partial charge in [0.15, 0.2) is 11.6 Å². The molecule has 0 radical (unpaired) electrons. The zero-order chi connectivity index (χ0) is 17.8. The number of rotatable bonds is 7. The summed E-state index contributed by atoms with van der Waals surface area (Å²) >= 11 is 12.0. The Morgan fingerprint density at radius 3 is 2.84 bits per heavy atom. The summed E-state index contributed by atoms with van der Waals surface area (Å²) in [5, 5.41) is 1.09. The SMILES string of the molecule is O=C(/C=C/c1ccc(Cl)cc1Cl)CCN1CCCC(C(=O)C2CO2)C1. The summed E-state index contributed by atoms with van der Waals surface area (Å²) in [7, 11) is 0. The van der Waals surface area contributed by atoms with Crippen LogP contribution in [0, 0.1) is 5.92 Å². The normalized spacial score (nSPS) is 23.8. The van der Waals surface area contributed by atoms with Crippen LogP contribution >= 0.6 is 23.2 Å². The van der Waals surface area contributed by atoms with Gasteiger partial charge in [-0.25, -0.2) is 0 Å². The number of likely N-dealkylation sites (tertiary alicyclic amines) is 1. The zero-order valence-corrected chi connectivity index (χ0v) is 15.4. The van der Waals surface area contributed by atoms with Gasteiger partial charge in [0.25, 0.3) is 0 Å². The molecule has 1 aromatic rings. The number of piperidine rings is 1. The lowest BCUT2D eigenvalue weighted by Crippen LogP contribution is -2.40. The van der Waals surface area contributed by atoms with Gasteiger partial charge in [-0.15, -0.1) is 0 Å². The second-order valence-corrected chi connectivity index (χ2v) is 7.42. The second kappa shape index (κ2) is 8.45. The van der Waals surface area contributed by atoms with E-state index in [-0.39, 0.29) is 23.6 Å². The van der Waals surface area contributed by atoms with Crippen molar-refractivity contribution in [1.82, 2.24) is 4.90 Å². The fourth-order valence-corrected chi connectivity index (χ4v) is 3.61. The topological polar surface area (TPSA) is 49.9 Å². The Morgan fingerprint density at radius 1 is 1.32 bits per heavy atom. The van der Waals surface area contributed by atoms with E-state index in [1.54, 1.807) is 30.4 Å². The van der Waals surface area contributed by atoms with Crippen LogP contribution in [-0.2, 0) is 14.3 Å². The number of halogens is 2. The molecule has 0 bridgehead atoms. The van der Waals surface area contributed by atoms with Gasteiger partial charge in [0.05, 0.1) is 6.61 Å². The summed E-state index contributed by atoms with van der Waals surface area (Å²) in [4.78, 5) is 26.4. The molecule has 0 amide bonds. The summed E-state index contributed by atoms with van der Waals surface area (Å²) in [5.41, 5.74) is 0.771. The lowest BCUT2D eigenvalue weighted by Gasteiger charge is -2.31. The molecule has 134 valence electrons. The summed E-state index contributed by atoms with van der Waals surface area (Å²) < 4.78 is 5.10. The molecule has 4 nitrogen and oxygen atoms in total. The van der Waals surface area contributed by atoms with Gasteiger partial charge in [-0.1, -0.05) is 29.3 Å². The van der Waals surface area contributed by atoms with E-state index in [2.05, 4.69) is 4.90 Å². The highest BCUT2D eigenvalue weighted by Crippen LogP contribution is 2.24. The van der Waals surface area contributed by atoms with Crippen molar-refractivity contribution in [3.05, 3.63) is 39.9 Å². The second-order valence-electron chi connectivity index (χ2n) is 6.58. The van der Waals surface area contributed by atoms with Crippen LogP contribution in [0.1, 0.15) is 24.8 Å². The number of nitrogens with zero attached hydrogens (tertiary/aromatic N) is 1. The van der Waals surface area contributed by atoms with Crippen LogP contribution in [0.2, 0.25) is 10.0 Å². The third-order valence-corrected chi connectivity index (χ3v) is 5.21. The number of allylic oxidation sites excluding steroid dienone is 1. The molecule has 2 unspecified atom stereocenters. The summed E-state index contributed by atoms with van der Waals surface area (Å²) in [6.45, 7) is 2.92. The molecule has 0 spiro atoms. The lowest BCUT2D eigenvalue weighted by atomic mass is 9.92. The number of Topliss-reactive ketones (excluding diaryl/α,β-unsaturated/α-hetero) is 1. The highest BCUT2D eigenvalue weighted by molar-refractivity contribution is 6.35. The van der Waals surface area contributed by atoms with Crippen molar-refractivity contribution >= 4 is 40.8 Å². The van der Waals surface area contributed by atoms with Gasteiger partial charge in [0.2, 0.25) is 0 Å². The summed E-state index contributed by atoms with van der Waals surface area (Å²) in [6.07, 6.45) is 5.46. The molecule has 3 rings (SSSR count). The van der Waals surface area contributed by atoms with Crippen LogP contribution in [0.4, 0.5) is 0 Å². The van der Waals surface area contributed by atoms with Gasteiger partial charge in [-0.05, 0) is 49.2 Å². The molecule has 2 aliphatic rings. The maximum Gasteiger partial charge on any atom is 0.168 e. The molecule has 2 fully saturated rings. The Hall–Kier alpha value is -1.20. The smallest absolute Gasteiger partial charge is 0.168 e. The van der Waals surface area contributed by atoms with E-state index in [0.717, 1.165) is 31.5 Å². The van der Waals surface area contributed by atoms with Crippen LogP contribution in [0.3, 0.4) is 0 Å². The first-order valence-electron chi connectivity index (χ1n) is 8.56. The van der Waals surface area contributed by atoms with E-state index in [0.29, 0.717) is 29.6 Å². The van der Waals surface area contributed by atoms with Crippen LogP contribution < -0.4 is 0 Å². The van der Waals surface area contributed by atoms with Crippen molar-refractivity contribution in [2.75, 3.05) is 26.2 Å². The molecule has 0 aromatic heterocycles. The van der Waals surface area contributed by atoms with Gasteiger partial charge in [-0.3, -0.25) is 9.59 Å². The molecule has 2 aliphatic heterocycles. The average molecular weight is 382 g/mol. The Morgan fingerprint density at radius 2 is 2.12 bits per heavy atom. The van der Waals surface area contributed by atoms with Crippen molar-refractivity contribution in [3.63, 3.8) is 0 Å². The molecule has 2 atom stereocenters. The van der Waals surface area contributed by atoms with E-state index in [1.807, 2.05) is 0 Å². The molecular formula is C19H21Cl2NO3. The highest BCUT2D eigenvalue weighted by atomic mass is 35.5. The standard InChI is InChI=1S/C19H21Cl2NO3/c20-15-5-3-13(17(21)10-15)4-6-16(23)7-9-22-8-1-2-14(11-22)19(24)18-12-25-18/h3-6,10,14,18H,1-2,7-9,11-12H2/b6-4+. The Balaban J connectivity index is 1.46. The third-order valence-electron chi connectivity index (χ3n) is 4.64. The van der Waals surface area contributed by atoms with E-state index in [9.17, 15) is 9.59 Å². The number of carbonyl (C=O) groups excluding carboxylic acids is 2. The molecule has 0 saturated carbocycles. The first-order chi connectivity index (χ1) is 12.0. The lowest BCUT2D eigenvalue weighted by molar-refractivity contribution is -0.125. The molecule has 6 heteroatoms. The fraction of sp³-hybridized carbons (Fsp3) is 0.474. The van der Waals surface area contributed by atoms with E-state index < -0.39 is 0 Å². The maximum absolute atomic E-state index is 12.1. The van der Waals surface area contributed by atoms with Crippen LogP contribution in [-0.4, -0.2) is 48.8 Å². The van der Waals surface area contributed by atoms with E-state index >= 15 is 0 Å². The molecule has 2 saturated heterocycles. The highest BCUT2D eigenvalue weighted by Gasteiger charge is 2.37. The number of epoxide rings is 1. The average Bonchev–Trinajstić information content (AvgIpc) is 3.44. The van der Waals surface area contributed by atoms with Crippen LogP contribution in [0.5, 0.6) is 0 Å². The largest absolute Gasteiger partial charge is 0.365 e.